The summed E-state index contributed by atoms with van der Waals surface area (Å²) in [6.45, 7) is 4.34. The van der Waals surface area contributed by atoms with Gasteiger partial charge >= 0.3 is 0 Å². The van der Waals surface area contributed by atoms with Crippen molar-refractivity contribution in [2.45, 2.75) is 37.7 Å². The molecule has 0 spiro atoms. The van der Waals surface area contributed by atoms with Crippen molar-refractivity contribution in [2.24, 2.45) is 5.92 Å². The number of carbonyl (C=O) groups is 2. The maximum Gasteiger partial charge on any atom is 0.265 e. The molecule has 10 heteroatoms. The lowest BCUT2D eigenvalue weighted by Gasteiger charge is -2.31. The van der Waals surface area contributed by atoms with Gasteiger partial charge in [-0.05, 0) is 57.0 Å². The first-order valence-corrected chi connectivity index (χ1v) is 12.4. The lowest BCUT2D eigenvalue weighted by atomic mass is 9.98. The highest BCUT2D eigenvalue weighted by atomic mass is 32.2. The van der Waals surface area contributed by atoms with E-state index in [1.165, 1.54) is 22.5 Å². The van der Waals surface area contributed by atoms with E-state index in [1.807, 2.05) is 13.0 Å². The second kappa shape index (κ2) is 9.40. The third kappa shape index (κ3) is 4.81. The summed E-state index contributed by atoms with van der Waals surface area (Å²) in [6, 6.07) is 11.5. The molecule has 0 aromatic heterocycles. The van der Waals surface area contributed by atoms with Crippen LogP contribution in [0.2, 0.25) is 0 Å². The number of hydrogen-bond donors (Lipinski definition) is 2. The van der Waals surface area contributed by atoms with Crippen LogP contribution in [0.4, 0.5) is 11.4 Å². The van der Waals surface area contributed by atoms with Gasteiger partial charge in [0.15, 0.2) is 6.10 Å². The fourth-order valence-electron chi connectivity index (χ4n) is 3.96. The van der Waals surface area contributed by atoms with Gasteiger partial charge in [-0.2, -0.15) is 4.31 Å². The van der Waals surface area contributed by atoms with E-state index in [4.69, 9.17) is 9.47 Å². The third-order valence-corrected chi connectivity index (χ3v) is 7.58. The van der Waals surface area contributed by atoms with Crippen LogP contribution in [0.15, 0.2) is 47.4 Å². The molecule has 2 aromatic rings. The van der Waals surface area contributed by atoms with E-state index >= 15 is 0 Å². The Kier molecular flexibility index (Phi) is 6.57. The van der Waals surface area contributed by atoms with Gasteiger partial charge in [-0.3, -0.25) is 9.59 Å². The smallest absolute Gasteiger partial charge is 0.265 e. The van der Waals surface area contributed by atoms with Gasteiger partial charge in [-0.15, -0.1) is 0 Å². The summed E-state index contributed by atoms with van der Waals surface area (Å²) in [4.78, 5) is 24.9. The van der Waals surface area contributed by atoms with Gasteiger partial charge in [0.05, 0.1) is 28.8 Å². The molecule has 2 atom stereocenters. The van der Waals surface area contributed by atoms with Gasteiger partial charge in [-0.1, -0.05) is 12.1 Å². The predicted molar refractivity (Wildman–Crippen MR) is 123 cm³/mol. The number of piperidine rings is 1. The van der Waals surface area contributed by atoms with E-state index in [2.05, 4.69) is 10.6 Å². The molecule has 2 aliphatic heterocycles. The number of amides is 2. The number of sulfonamides is 1. The number of nitrogens with one attached hydrogen (secondary N) is 2. The van der Waals surface area contributed by atoms with Crippen molar-refractivity contribution in [1.82, 2.24) is 4.31 Å². The van der Waals surface area contributed by atoms with E-state index in [0.717, 1.165) is 0 Å². The third-order valence-electron chi connectivity index (χ3n) is 5.72. The Labute approximate surface area is 193 Å². The van der Waals surface area contributed by atoms with Gasteiger partial charge in [0.25, 0.3) is 5.91 Å². The number of para-hydroxylation sites is 2. The predicted octanol–water partition coefficient (Wildman–Crippen LogP) is 2.84. The van der Waals surface area contributed by atoms with Crippen molar-refractivity contribution < 1.29 is 27.5 Å². The topological polar surface area (TPSA) is 114 Å². The molecule has 0 radical (unpaired) electrons. The Morgan fingerprint density at radius 2 is 2.06 bits per heavy atom. The maximum absolute atomic E-state index is 13.3. The van der Waals surface area contributed by atoms with Crippen LogP contribution in [0.5, 0.6) is 11.5 Å². The van der Waals surface area contributed by atoms with Crippen LogP contribution in [-0.4, -0.2) is 50.3 Å². The van der Waals surface area contributed by atoms with Crippen molar-refractivity contribution in [3.05, 3.63) is 42.5 Å². The molecule has 176 valence electrons. The second-order valence-corrected chi connectivity index (χ2v) is 9.97. The Balaban J connectivity index is 1.49. The number of carbonyl (C=O) groups excluding carboxylic acids is 2. The zero-order chi connectivity index (χ0) is 23.6. The molecule has 1 saturated heterocycles. The van der Waals surface area contributed by atoms with E-state index in [1.54, 1.807) is 25.1 Å². The molecule has 33 heavy (non-hydrogen) atoms. The summed E-state index contributed by atoms with van der Waals surface area (Å²) in [5.41, 5.74) is 0.877. The van der Waals surface area contributed by atoms with Crippen LogP contribution in [-0.2, 0) is 19.6 Å². The number of hydrogen-bond acceptors (Lipinski definition) is 6. The number of ether oxygens (including phenoxy) is 2. The Bertz CT molecular complexity index is 1170. The lowest BCUT2D eigenvalue weighted by Crippen LogP contribution is -2.43. The quantitative estimate of drug-likeness (QED) is 0.667. The minimum atomic E-state index is -3.86. The Hall–Kier alpha value is -3.11. The standard InChI is InChI=1S/C23H27N3O6S/c1-3-31-20-9-5-4-8-18(20)24-23(28)16-7-6-12-26(14-16)33(29,30)17-10-11-21-19(13-17)25-22(27)15(2)32-21/h4-5,8-11,13,15-16H,3,6-7,12,14H2,1-2H3,(H,24,28)(H,25,27). The fraction of sp³-hybridized carbons (Fsp3) is 0.391. The lowest BCUT2D eigenvalue weighted by molar-refractivity contribution is -0.123. The average Bonchev–Trinajstić information content (AvgIpc) is 2.81. The van der Waals surface area contributed by atoms with Crippen LogP contribution < -0.4 is 20.1 Å². The molecule has 2 heterocycles. The first kappa shape index (κ1) is 23.1. The summed E-state index contributed by atoms with van der Waals surface area (Å²) in [6.07, 6.45) is 0.502. The average molecular weight is 474 g/mol. The van der Waals surface area contributed by atoms with E-state index in [0.29, 0.717) is 48.9 Å². The highest BCUT2D eigenvalue weighted by Crippen LogP contribution is 2.34. The number of rotatable bonds is 6. The van der Waals surface area contributed by atoms with Gasteiger partial charge in [0.2, 0.25) is 15.9 Å². The molecule has 2 amide bonds. The van der Waals surface area contributed by atoms with E-state index < -0.39 is 22.0 Å². The minimum Gasteiger partial charge on any atom is -0.492 e. The largest absolute Gasteiger partial charge is 0.492 e. The summed E-state index contributed by atoms with van der Waals surface area (Å²) < 4.78 is 39.0. The minimum absolute atomic E-state index is 0.0439. The van der Waals surface area contributed by atoms with Gasteiger partial charge in [0.1, 0.15) is 11.5 Å². The number of fused-ring (bicyclic) bond motifs is 1. The van der Waals surface area contributed by atoms with Crippen molar-refractivity contribution in [2.75, 3.05) is 30.3 Å². The van der Waals surface area contributed by atoms with Crippen LogP contribution in [0.1, 0.15) is 26.7 Å². The van der Waals surface area contributed by atoms with Gasteiger partial charge < -0.3 is 20.1 Å². The second-order valence-electron chi connectivity index (χ2n) is 8.03. The normalized spacial score (nSPS) is 20.8. The Morgan fingerprint density at radius 3 is 2.85 bits per heavy atom. The number of benzene rings is 2. The van der Waals surface area contributed by atoms with Crippen molar-refractivity contribution in [3.8, 4) is 11.5 Å². The zero-order valence-electron chi connectivity index (χ0n) is 18.5. The molecule has 1 fully saturated rings. The molecule has 0 aliphatic carbocycles. The van der Waals surface area contributed by atoms with Crippen molar-refractivity contribution in [1.29, 1.82) is 0 Å². The highest BCUT2D eigenvalue weighted by Gasteiger charge is 2.34. The zero-order valence-corrected chi connectivity index (χ0v) is 19.4. The SMILES string of the molecule is CCOc1ccccc1NC(=O)C1CCCN(S(=O)(=O)c2ccc3c(c2)NC(=O)C(C)O3)C1. The highest BCUT2D eigenvalue weighted by molar-refractivity contribution is 7.89. The molecule has 2 unspecified atom stereocenters. The van der Waals surface area contributed by atoms with Crippen LogP contribution >= 0.6 is 0 Å². The maximum atomic E-state index is 13.3. The Morgan fingerprint density at radius 1 is 1.27 bits per heavy atom. The van der Waals surface area contributed by atoms with Crippen LogP contribution in [0, 0.1) is 5.92 Å². The van der Waals surface area contributed by atoms with Crippen LogP contribution in [0.25, 0.3) is 0 Å². The van der Waals surface area contributed by atoms with Gasteiger partial charge in [-0.25, -0.2) is 8.42 Å². The van der Waals surface area contributed by atoms with Crippen LogP contribution in [0.3, 0.4) is 0 Å². The van der Waals surface area contributed by atoms with E-state index in [9.17, 15) is 18.0 Å². The molecule has 2 N–H and O–H groups in total. The molecular formula is C23H27N3O6S. The van der Waals surface area contributed by atoms with Crippen molar-refractivity contribution in [3.63, 3.8) is 0 Å². The fourth-order valence-corrected chi connectivity index (χ4v) is 5.51. The molecule has 0 bridgehead atoms. The number of anilines is 2. The molecule has 9 nitrogen and oxygen atoms in total. The van der Waals surface area contributed by atoms with E-state index in [-0.39, 0.29) is 23.3 Å². The summed E-state index contributed by atoms with van der Waals surface area (Å²) >= 11 is 0. The number of nitrogens with zero attached hydrogens (tertiary/aromatic N) is 1. The van der Waals surface area contributed by atoms with Crippen molar-refractivity contribution >= 4 is 33.2 Å². The monoisotopic (exact) mass is 473 g/mol. The first-order valence-electron chi connectivity index (χ1n) is 10.9. The molecule has 4 rings (SSSR count). The summed E-state index contributed by atoms with van der Waals surface area (Å²) in [7, 11) is -3.86. The molecular weight excluding hydrogens is 446 g/mol. The van der Waals surface area contributed by atoms with Gasteiger partial charge in [0, 0.05) is 13.1 Å². The molecule has 0 saturated carbocycles. The first-order chi connectivity index (χ1) is 15.8. The molecule has 2 aliphatic rings. The summed E-state index contributed by atoms with van der Waals surface area (Å²) in [5, 5.41) is 5.55. The molecule has 2 aromatic carbocycles. The summed E-state index contributed by atoms with van der Waals surface area (Å²) in [5.74, 6) is -0.0860.